The van der Waals surface area contributed by atoms with Gasteiger partial charge >= 0.3 is 0 Å². The van der Waals surface area contributed by atoms with Gasteiger partial charge in [0.1, 0.15) is 11.9 Å². The highest BCUT2D eigenvalue weighted by atomic mass is 16.3. The molecule has 5 heteroatoms. The predicted octanol–water partition coefficient (Wildman–Crippen LogP) is 3.02. The summed E-state index contributed by atoms with van der Waals surface area (Å²) in [5.41, 5.74) is 4.96. The van der Waals surface area contributed by atoms with Crippen molar-refractivity contribution < 1.29 is 9.90 Å². The summed E-state index contributed by atoms with van der Waals surface area (Å²) in [6.45, 7) is 0.678. The first-order chi connectivity index (χ1) is 11.6. The standard InChI is InChI=1S/C19H17N3O2/c1-21-16-5-3-2-4-13(16)19(24)22-9-8-12-14-10-11(23)6-7-15(14)20-17(12)18(21)22/h2-7,10,18,20,23H,8-9H2,1H3/t18-/m1/s1. The molecular formula is C19H17N3O2. The Kier molecular flexibility index (Phi) is 2.55. The first-order valence-corrected chi connectivity index (χ1v) is 8.11. The molecule has 120 valence electrons. The molecule has 0 aliphatic carbocycles. The Morgan fingerprint density at radius 2 is 2.04 bits per heavy atom. The van der Waals surface area contributed by atoms with Crippen molar-refractivity contribution in [3.8, 4) is 5.75 Å². The number of carbonyl (C=O) groups is 1. The molecule has 2 N–H and O–H groups in total. The summed E-state index contributed by atoms with van der Waals surface area (Å²) in [6.07, 6.45) is 0.655. The van der Waals surface area contributed by atoms with Crippen molar-refractivity contribution in [2.75, 3.05) is 18.5 Å². The van der Waals surface area contributed by atoms with Gasteiger partial charge in [-0.25, -0.2) is 0 Å². The first-order valence-electron chi connectivity index (χ1n) is 8.11. The number of fused-ring (bicyclic) bond motifs is 6. The molecule has 24 heavy (non-hydrogen) atoms. The molecule has 2 aliphatic heterocycles. The molecule has 2 aliphatic rings. The molecule has 1 aromatic heterocycles. The van der Waals surface area contributed by atoms with Crippen molar-refractivity contribution in [3.05, 3.63) is 59.3 Å². The topological polar surface area (TPSA) is 59.6 Å². The first kappa shape index (κ1) is 13.5. The number of H-pyrrole nitrogens is 1. The SMILES string of the molecule is CN1c2ccccc2C(=O)N2CCc3c([nH]c4ccc(O)cc34)[C@@H]21. The summed E-state index contributed by atoms with van der Waals surface area (Å²) < 4.78 is 0. The third-order valence-electron chi connectivity index (χ3n) is 5.22. The Morgan fingerprint density at radius 1 is 1.21 bits per heavy atom. The fraction of sp³-hybridized carbons (Fsp3) is 0.211. The second-order valence-corrected chi connectivity index (χ2v) is 6.50. The van der Waals surface area contributed by atoms with Crippen LogP contribution in [0.25, 0.3) is 10.9 Å². The number of carbonyl (C=O) groups excluding carboxylic acids is 1. The summed E-state index contributed by atoms with van der Waals surface area (Å²) >= 11 is 0. The van der Waals surface area contributed by atoms with E-state index in [2.05, 4.69) is 9.88 Å². The molecule has 0 unspecified atom stereocenters. The lowest BCUT2D eigenvalue weighted by molar-refractivity contribution is 0.0634. The number of aromatic nitrogens is 1. The molecule has 0 saturated carbocycles. The molecular weight excluding hydrogens is 302 g/mol. The van der Waals surface area contributed by atoms with E-state index in [4.69, 9.17) is 0 Å². The molecule has 0 spiro atoms. The average Bonchev–Trinajstić information content (AvgIpc) is 2.97. The maximum absolute atomic E-state index is 12.9. The average molecular weight is 319 g/mol. The summed E-state index contributed by atoms with van der Waals surface area (Å²) in [4.78, 5) is 20.5. The minimum atomic E-state index is -0.134. The van der Waals surface area contributed by atoms with Crippen molar-refractivity contribution >= 4 is 22.5 Å². The van der Waals surface area contributed by atoms with E-state index in [1.54, 1.807) is 12.1 Å². The second-order valence-electron chi connectivity index (χ2n) is 6.50. The molecule has 1 atom stereocenters. The molecule has 1 amide bonds. The summed E-state index contributed by atoms with van der Waals surface area (Å²) in [5.74, 6) is 0.353. The number of rotatable bonds is 0. The molecule has 3 heterocycles. The highest BCUT2D eigenvalue weighted by Crippen LogP contribution is 2.43. The summed E-state index contributed by atoms with van der Waals surface area (Å²) in [5, 5.41) is 10.9. The number of aromatic hydroxyl groups is 1. The van der Waals surface area contributed by atoms with Gasteiger partial charge in [0.25, 0.3) is 5.91 Å². The zero-order chi connectivity index (χ0) is 16.4. The molecule has 2 aromatic carbocycles. The number of benzene rings is 2. The minimum absolute atomic E-state index is 0.0841. The van der Waals surface area contributed by atoms with Crippen LogP contribution < -0.4 is 4.90 Å². The number of nitrogens with one attached hydrogen (secondary N) is 1. The lowest BCUT2D eigenvalue weighted by Gasteiger charge is -2.46. The van der Waals surface area contributed by atoms with E-state index in [1.165, 1.54) is 5.56 Å². The van der Waals surface area contributed by atoms with Gasteiger partial charge in [-0.3, -0.25) is 4.79 Å². The number of hydrogen-bond acceptors (Lipinski definition) is 3. The van der Waals surface area contributed by atoms with Gasteiger partial charge in [0, 0.05) is 24.5 Å². The van der Waals surface area contributed by atoms with Crippen molar-refractivity contribution in [1.82, 2.24) is 9.88 Å². The van der Waals surface area contributed by atoms with Crippen LogP contribution in [0.4, 0.5) is 5.69 Å². The van der Waals surface area contributed by atoms with Crippen molar-refractivity contribution in [3.63, 3.8) is 0 Å². The molecule has 5 nitrogen and oxygen atoms in total. The summed E-state index contributed by atoms with van der Waals surface area (Å²) in [7, 11) is 2.03. The smallest absolute Gasteiger partial charge is 0.257 e. The normalized spacial score (nSPS) is 19.2. The Hall–Kier alpha value is -2.95. The van der Waals surface area contributed by atoms with E-state index in [1.807, 2.05) is 42.3 Å². The van der Waals surface area contributed by atoms with Gasteiger partial charge in [-0.2, -0.15) is 0 Å². The molecule has 5 rings (SSSR count). The number of nitrogens with zero attached hydrogens (tertiary/aromatic N) is 2. The lowest BCUT2D eigenvalue weighted by atomic mass is 9.96. The van der Waals surface area contributed by atoms with Gasteiger partial charge in [0.05, 0.1) is 16.9 Å². The van der Waals surface area contributed by atoms with Gasteiger partial charge in [0.2, 0.25) is 0 Å². The predicted molar refractivity (Wildman–Crippen MR) is 92.3 cm³/mol. The van der Waals surface area contributed by atoms with Gasteiger partial charge in [-0.15, -0.1) is 0 Å². The molecule has 0 saturated heterocycles. The molecule has 3 aromatic rings. The Bertz CT molecular complexity index is 991. The maximum Gasteiger partial charge on any atom is 0.257 e. The Labute approximate surface area is 139 Å². The third-order valence-corrected chi connectivity index (χ3v) is 5.22. The van der Waals surface area contributed by atoms with Crippen molar-refractivity contribution in [1.29, 1.82) is 0 Å². The van der Waals surface area contributed by atoms with E-state index in [9.17, 15) is 9.90 Å². The maximum atomic E-state index is 12.9. The van der Waals surface area contributed by atoms with E-state index < -0.39 is 0 Å². The van der Waals surface area contributed by atoms with Crippen LogP contribution in [0.15, 0.2) is 42.5 Å². The number of phenolic OH excluding ortho intramolecular Hbond substituents is 1. The zero-order valence-electron chi connectivity index (χ0n) is 13.3. The molecule has 0 bridgehead atoms. The molecule has 0 fully saturated rings. The number of anilines is 1. The van der Waals surface area contributed by atoms with Gasteiger partial charge < -0.3 is 19.9 Å². The van der Waals surface area contributed by atoms with Crippen molar-refractivity contribution in [2.24, 2.45) is 0 Å². The summed E-state index contributed by atoms with van der Waals surface area (Å²) in [6, 6.07) is 13.1. The van der Waals surface area contributed by atoms with E-state index in [0.717, 1.165) is 34.3 Å². The van der Waals surface area contributed by atoms with E-state index >= 15 is 0 Å². The van der Waals surface area contributed by atoms with Crippen LogP contribution in [0.1, 0.15) is 27.8 Å². The van der Waals surface area contributed by atoms with Crippen LogP contribution in [0.3, 0.4) is 0 Å². The fourth-order valence-corrected chi connectivity index (χ4v) is 4.12. The number of para-hydroxylation sites is 1. The van der Waals surface area contributed by atoms with Crippen LogP contribution in [0, 0.1) is 0 Å². The Balaban J connectivity index is 1.74. The fourth-order valence-electron chi connectivity index (χ4n) is 4.12. The van der Waals surface area contributed by atoms with E-state index in [-0.39, 0.29) is 17.8 Å². The number of amides is 1. The van der Waals surface area contributed by atoms with E-state index in [0.29, 0.717) is 6.54 Å². The van der Waals surface area contributed by atoms with Crippen LogP contribution in [0.5, 0.6) is 5.75 Å². The monoisotopic (exact) mass is 319 g/mol. The highest BCUT2D eigenvalue weighted by Gasteiger charge is 2.41. The Morgan fingerprint density at radius 3 is 2.92 bits per heavy atom. The van der Waals surface area contributed by atoms with Gasteiger partial charge in [0.15, 0.2) is 0 Å². The highest BCUT2D eigenvalue weighted by molar-refractivity contribution is 6.02. The van der Waals surface area contributed by atoms with Crippen LogP contribution >= 0.6 is 0 Å². The minimum Gasteiger partial charge on any atom is -0.508 e. The molecule has 0 radical (unpaired) electrons. The van der Waals surface area contributed by atoms with Crippen molar-refractivity contribution in [2.45, 2.75) is 12.6 Å². The quantitative estimate of drug-likeness (QED) is 0.669. The van der Waals surface area contributed by atoms with Crippen LogP contribution in [-0.2, 0) is 6.42 Å². The number of aromatic amines is 1. The lowest BCUT2D eigenvalue weighted by Crippen LogP contribution is -2.51. The van der Waals surface area contributed by atoms with Gasteiger partial charge in [-0.1, -0.05) is 12.1 Å². The number of phenols is 1. The van der Waals surface area contributed by atoms with Crippen LogP contribution in [-0.4, -0.2) is 34.5 Å². The van der Waals surface area contributed by atoms with Crippen LogP contribution in [0.2, 0.25) is 0 Å². The second kappa shape index (κ2) is 4.54. The largest absolute Gasteiger partial charge is 0.508 e. The zero-order valence-corrected chi connectivity index (χ0v) is 13.3. The third kappa shape index (κ3) is 1.61. The number of hydrogen-bond donors (Lipinski definition) is 2. The van der Waals surface area contributed by atoms with Gasteiger partial charge in [-0.05, 0) is 42.3 Å².